The van der Waals surface area contributed by atoms with Crippen molar-refractivity contribution in [2.75, 3.05) is 5.32 Å². The van der Waals surface area contributed by atoms with E-state index >= 15 is 0 Å². The van der Waals surface area contributed by atoms with Gasteiger partial charge in [-0.25, -0.2) is 4.39 Å². The fraction of sp³-hybridized carbons (Fsp3) is 0.125. The highest BCUT2D eigenvalue weighted by Gasteiger charge is 2.42. The maximum atomic E-state index is 12.7. The van der Waals surface area contributed by atoms with Crippen LogP contribution in [0.3, 0.4) is 0 Å². The fourth-order valence-electron chi connectivity index (χ4n) is 1.25. The van der Waals surface area contributed by atoms with Crippen molar-refractivity contribution in [3.05, 3.63) is 29.6 Å². The first kappa shape index (κ1) is 8.52. The van der Waals surface area contributed by atoms with Crippen molar-refractivity contribution in [3.63, 3.8) is 0 Å². The summed E-state index contributed by atoms with van der Waals surface area (Å²) in [5, 5.41) is 11.9. The van der Waals surface area contributed by atoms with E-state index < -0.39 is 16.7 Å². The molecule has 0 saturated carbocycles. The van der Waals surface area contributed by atoms with E-state index in [1.807, 2.05) is 0 Å². The average Bonchev–Trinajstić information content (AvgIpc) is 2.27. The second-order valence-corrected chi connectivity index (χ2v) is 3.46. The van der Waals surface area contributed by atoms with E-state index in [2.05, 4.69) is 17.9 Å². The van der Waals surface area contributed by atoms with Crippen molar-refractivity contribution in [2.24, 2.45) is 0 Å². The lowest BCUT2D eigenvalue weighted by atomic mass is 10.1. The maximum Gasteiger partial charge on any atom is 0.271 e. The van der Waals surface area contributed by atoms with Crippen LogP contribution in [-0.4, -0.2) is 11.0 Å². The molecule has 0 spiro atoms. The SMILES string of the molecule is O=C1Nc2ccc(F)cc2[C@]1(O)S. The number of hydrogen-bond acceptors (Lipinski definition) is 3. The third kappa shape index (κ3) is 1.12. The van der Waals surface area contributed by atoms with Crippen molar-refractivity contribution in [1.82, 2.24) is 0 Å². The van der Waals surface area contributed by atoms with Crippen LogP contribution in [0.5, 0.6) is 0 Å². The van der Waals surface area contributed by atoms with Crippen LogP contribution in [0.4, 0.5) is 10.1 Å². The van der Waals surface area contributed by atoms with E-state index in [-0.39, 0.29) is 5.56 Å². The molecule has 0 bridgehead atoms. The van der Waals surface area contributed by atoms with Crippen LogP contribution in [0.1, 0.15) is 5.56 Å². The number of amides is 1. The number of benzene rings is 1. The number of rotatable bonds is 0. The lowest BCUT2D eigenvalue weighted by Crippen LogP contribution is -2.27. The number of carbonyl (C=O) groups excluding carboxylic acids is 1. The van der Waals surface area contributed by atoms with Gasteiger partial charge in [0.15, 0.2) is 0 Å². The molecule has 1 aliphatic rings. The highest BCUT2D eigenvalue weighted by Crippen LogP contribution is 2.38. The zero-order valence-electron chi connectivity index (χ0n) is 6.41. The summed E-state index contributed by atoms with van der Waals surface area (Å²) in [6.45, 7) is 0. The average molecular weight is 199 g/mol. The third-order valence-corrected chi connectivity index (χ3v) is 2.37. The summed E-state index contributed by atoms with van der Waals surface area (Å²) in [5.74, 6) is -1.17. The van der Waals surface area contributed by atoms with Gasteiger partial charge in [-0.15, -0.1) is 12.6 Å². The molecule has 1 aromatic carbocycles. The molecule has 5 heteroatoms. The van der Waals surface area contributed by atoms with E-state index in [9.17, 15) is 14.3 Å². The Morgan fingerprint density at radius 3 is 2.92 bits per heavy atom. The van der Waals surface area contributed by atoms with E-state index in [1.165, 1.54) is 12.1 Å². The lowest BCUT2D eigenvalue weighted by molar-refractivity contribution is -0.125. The van der Waals surface area contributed by atoms with Gasteiger partial charge in [0.1, 0.15) is 5.82 Å². The lowest BCUT2D eigenvalue weighted by Gasteiger charge is -2.11. The van der Waals surface area contributed by atoms with E-state index in [0.717, 1.165) is 6.07 Å². The normalized spacial score (nSPS) is 25.6. The Hall–Kier alpha value is -1.07. The topological polar surface area (TPSA) is 49.3 Å². The summed E-state index contributed by atoms with van der Waals surface area (Å²) in [7, 11) is 0. The van der Waals surface area contributed by atoms with Gasteiger partial charge in [0.25, 0.3) is 5.91 Å². The molecule has 3 nitrogen and oxygen atoms in total. The van der Waals surface area contributed by atoms with Crippen molar-refractivity contribution in [1.29, 1.82) is 0 Å². The molecular formula is C8H6FNO2S. The van der Waals surface area contributed by atoms with Gasteiger partial charge in [-0.2, -0.15) is 0 Å². The Morgan fingerprint density at radius 1 is 1.54 bits per heavy atom. The summed E-state index contributed by atoms with van der Waals surface area (Å²) in [6.07, 6.45) is 0. The van der Waals surface area contributed by atoms with Crippen LogP contribution in [0.25, 0.3) is 0 Å². The first-order chi connectivity index (χ1) is 6.01. The van der Waals surface area contributed by atoms with E-state index in [0.29, 0.717) is 5.69 Å². The van der Waals surface area contributed by atoms with Crippen LogP contribution in [0.2, 0.25) is 0 Å². The molecule has 0 fully saturated rings. The largest absolute Gasteiger partial charge is 0.367 e. The van der Waals surface area contributed by atoms with Crippen LogP contribution in [0.15, 0.2) is 18.2 Å². The Balaban J connectivity index is 2.64. The molecule has 1 atom stereocenters. The zero-order valence-corrected chi connectivity index (χ0v) is 7.31. The molecule has 13 heavy (non-hydrogen) atoms. The second-order valence-electron chi connectivity index (χ2n) is 2.82. The van der Waals surface area contributed by atoms with Gasteiger partial charge in [-0.1, -0.05) is 0 Å². The van der Waals surface area contributed by atoms with Gasteiger partial charge in [-0.3, -0.25) is 4.79 Å². The van der Waals surface area contributed by atoms with E-state index in [4.69, 9.17) is 0 Å². The smallest absolute Gasteiger partial charge is 0.271 e. The number of hydrogen-bond donors (Lipinski definition) is 3. The second kappa shape index (κ2) is 2.46. The number of aliphatic hydroxyl groups is 1. The van der Waals surface area contributed by atoms with E-state index in [1.54, 1.807) is 0 Å². The summed E-state index contributed by atoms with van der Waals surface area (Å²) in [6, 6.07) is 3.67. The van der Waals surface area contributed by atoms with Crippen molar-refractivity contribution >= 4 is 24.2 Å². The summed E-state index contributed by atoms with van der Waals surface area (Å²) < 4.78 is 12.7. The van der Waals surface area contributed by atoms with Crippen LogP contribution < -0.4 is 5.32 Å². The minimum Gasteiger partial charge on any atom is -0.367 e. The third-order valence-electron chi connectivity index (χ3n) is 1.92. The molecule has 1 heterocycles. The van der Waals surface area contributed by atoms with Gasteiger partial charge >= 0.3 is 0 Å². The number of halogens is 1. The molecule has 1 amide bonds. The van der Waals surface area contributed by atoms with Gasteiger partial charge in [0, 0.05) is 11.3 Å². The molecule has 2 rings (SSSR count). The minimum atomic E-state index is -1.92. The number of fused-ring (bicyclic) bond motifs is 1. The zero-order chi connectivity index (χ0) is 9.64. The number of anilines is 1. The molecule has 1 aromatic rings. The Morgan fingerprint density at radius 2 is 2.23 bits per heavy atom. The number of carbonyl (C=O) groups is 1. The predicted molar refractivity (Wildman–Crippen MR) is 47.9 cm³/mol. The molecule has 1 aliphatic heterocycles. The first-order valence-electron chi connectivity index (χ1n) is 3.58. The van der Waals surface area contributed by atoms with Crippen LogP contribution >= 0.6 is 12.6 Å². The molecule has 0 aromatic heterocycles. The Kier molecular flexibility index (Phi) is 1.61. The molecule has 0 unspecified atom stereocenters. The number of nitrogens with one attached hydrogen (secondary N) is 1. The summed E-state index contributed by atoms with van der Waals surface area (Å²) in [4.78, 5) is 9.18. The van der Waals surface area contributed by atoms with Crippen LogP contribution in [0, 0.1) is 5.82 Å². The van der Waals surface area contributed by atoms with Crippen molar-refractivity contribution < 1.29 is 14.3 Å². The number of thiol groups is 1. The molecule has 2 N–H and O–H groups in total. The fourth-order valence-corrected chi connectivity index (χ4v) is 1.49. The standard InChI is InChI=1S/C8H6FNO2S/c9-4-1-2-6-5(3-4)8(12,13)7(11)10-6/h1-3,12-13H,(H,10,11)/t8-/m0/s1. The molecule has 68 valence electrons. The first-order valence-corrected chi connectivity index (χ1v) is 4.03. The van der Waals surface area contributed by atoms with Gasteiger partial charge in [-0.05, 0) is 18.2 Å². The predicted octanol–water partition coefficient (Wildman–Crippen LogP) is 0.853. The molecular weight excluding hydrogens is 193 g/mol. The highest BCUT2D eigenvalue weighted by molar-refractivity contribution is 7.82. The van der Waals surface area contributed by atoms with Gasteiger partial charge < -0.3 is 10.4 Å². The summed E-state index contributed by atoms with van der Waals surface area (Å²) >= 11 is 3.75. The Bertz CT molecular complexity index is 392. The van der Waals surface area contributed by atoms with Gasteiger partial charge in [0.05, 0.1) is 0 Å². The molecule has 0 saturated heterocycles. The minimum absolute atomic E-state index is 0.154. The quantitative estimate of drug-likeness (QED) is 0.428. The summed E-state index contributed by atoms with van der Waals surface area (Å²) in [5.41, 5.74) is 0.546. The monoisotopic (exact) mass is 199 g/mol. The van der Waals surface area contributed by atoms with Crippen LogP contribution in [-0.2, 0) is 9.73 Å². The van der Waals surface area contributed by atoms with Crippen molar-refractivity contribution in [2.45, 2.75) is 4.93 Å². The van der Waals surface area contributed by atoms with Gasteiger partial charge in [0.2, 0.25) is 4.93 Å². The highest BCUT2D eigenvalue weighted by atomic mass is 32.1. The van der Waals surface area contributed by atoms with Crippen molar-refractivity contribution in [3.8, 4) is 0 Å². The molecule has 0 aliphatic carbocycles. The molecule has 0 radical (unpaired) electrons. The Labute approximate surface area is 79.0 Å². The maximum absolute atomic E-state index is 12.7.